The Kier molecular flexibility index (Phi) is 6.22. The zero-order valence-electron chi connectivity index (χ0n) is 15.6. The highest BCUT2D eigenvalue weighted by atomic mass is 15.2. The second-order valence-electron chi connectivity index (χ2n) is 7.26. The summed E-state index contributed by atoms with van der Waals surface area (Å²) in [5.41, 5.74) is 9.90. The van der Waals surface area contributed by atoms with E-state index in [0.29, 0.717) is 18.1 Å². The van der Waals surface area contributed by atoms with Gasteiger partial charge in [0.25, 0.3) is 0 Å². The van der Waals surface area contributed by atoms with Crippen LogP contribution in [0.3, 0.4) is 0 Å². The predicted octanol–water partition coefficient (Wildman–Crippen LogP) is 4.27. The topological polar surface area (TPSA) is 42.1 Å². The Morgan fingerprint density at radius 1 is 1.00 bits per heavy atom. The molecule has 25 heavy (non-hydrogen) atoms. The van der Waals surface area contributed by atoms with E-state index in [1.807, 2.05) is 18.3 Å². The fraction of sp³-hybridized carbons (Fsp3) is 0.500. The molecule has 1 fully saturated rings. The first kappa shape index (κ1) is 18.1. The average molecular weight is 338 g/mol. The number of rotatable bonds is 6. The van der Waals surface area contributed by atoms with E-state index >= 15 is 0 Å². The molecule has 3 heteroatoms. The van der Waals surface area contributed by atoms with E-state index in [4.69, 9.17) is 5.73 Å². The monoisotopic (exact) mass is 337 g/mol. The second kappa shape index (κ2) is 8.59. The molecule has 134 valence electrons. The molecule has 2 unspecified atom stereocenters. The summed E-state index contributed by atoms with van der Waals surface area (Å²) in [5, 5.41) is 0. The Morgan fingerprint density at radius 2 is 1.68 bits per heavy atom. The van der Waals surface area contributed by atoms with Gasteiger partial charge in [0.15, 0.2) is 0 Å². The molecule has 0 amide bonds. The van der Waals surface area contributed by atoms with Crippen molar-refractivity contribution < 1.29 is 0 Å². The Morgan fingerprint density at radius 3 is 2.24 bits per heavy atom. The highest BCUT2D eigenvalue weighted by Crippen LogP contribution is 2.27. The Hall–Kier alpha value is -1.71. The lowest BCUT2D eigenvalue weighted by Crippen LogP contribution is -2.53. The molecule has 2 aromatic rings. The molecule has 1 aromatic heterocycles. The maximum atomic E-state index is 6.28. The molecule has 1 saturated heterocycles. The van der Waals surface area contributed by atoms with Crippen LogP contribution in [0.15, 0.2) is 48.7 Å². The van der Waals surface area contributed by atoms with E-state index in [1.54, 1.807) is 0 Å². The van der Waals surface area contributed by atoms with Crippen LogP contribution >= 0.6 is 0 Å². The second-order valence-corrected chi connectivity index (χ2v) is 7.26. The number of likely N-dealkylation sites (tertiary alicyclic amines) is 1. The summed E-state index contributed by atoms with van der Waals surface area (Å²) in [7, 11) is 0. The van der Waals surface area contributed by atoms with Crippen LogP contribution in [0.2, 0.25) is 0 Å². The van der Waals surface area contributed by atoms with E-state index in [0.717, 1.165) is 31.5 Å². The van der Waals surface area contributed by atoms with E-state index in [-0.39, 0.29) is 0 Å². The van der Waals surface area contributed by atoms with Gasteiger partial charge in [-0.1, -0.05) is 44.2 Å². The molecule has 3 rings (SSSR count). The highest BCUT2D eigenvalue weighted by Gasteiger charge is 2.31. The fourth-order valence-corrected chi connectivity index (χ4v) is 4.17. The van der Waals surface area contributed by atoms with Gasteiger partial charge in [-0.05, 0) is 49.8 Å². The maximum Gasteiger partial charge on any atom is 0.0701 e. The minimum absolute atomic E-state index is 0.379. The van der Waals surface area contributed by atoms with Gasteiger partial charge >= 0.3 is 0 Å². The van der Waals surface area contributed by atoms with Crippen LogP contribution < -0.4 is 5.73 Å². The first-order chi connectivity index (χ1) is 12.2. The third-order valence-corrected chi connectivity index (χ3v) is 5.60. The number of pyridine rings is 1. The minimum atomic E-state index is 0.379. The van der Waals surface area contributed by atoms with Crippen LogP contribution in [0.1, 0.15) is 45.1 Å². The van der Waals surface area contributed by atoms with Crippen LogP contribution in [0, 0.1) is 0 Å². The molecule has 3 nitrogen and oxygen atoms in total. The molecule has 2 atom stereocenters. The highest BCUT2D eigenvalue weighted by molar-refractivity contribution is 5.58. The maximum absolute atomic E-state index is 6.28. The minimum Gasteiger partial charge on any atom is -0.328 e. The van der Waals surface area contributed by atoms with Crippen molar-refractivity contribution in [3.63, 3.8) is 0 Å². The van der Waals surface area contributed by atoms with Crippen LogP contribution in [-0.4, -0.2) is 34.6 Å². The molecule has 0 aliphatic carbocycles. The summed E-state index contributed by atoms with van der Waals surface area (Å²) in [6.07, 6.45) is 7.63. The van der Waals surface area contributed by atoms with Gasteiger partial charge in [0.05, 0.1) is 5.69 Å². The number of nitrogens with zero attached hydrogens (tertiary/aromatic N) is 2. The quantitative estimate of drug-likeness (QED) is 0.856. The van der Waals surface area contributed by atoms with E-state index in [2.05, 4.69) is 54.1 Å². The molecule has 2 heterocycles. The van der Waals surface area contributed by atoms with Gasteiger partial charge in [-0.3, -0.25) is 9.88 Å². The van der Waals surface area contributed by atoms with Gasteiger partial charge in [-0.2, -0.15) is 0 Å². The molecule has 0 radical (unpaired) electrons. The number of hydrogen-bond donors (Lipinski definition) is 1. The molecule has 0 saturated carbocycles. The van der Waals surface area contributed by atoms with E-state index < -0.39 is 0 Å². The van der Waals surface area contributed by atoms with E-state index in [1.165, 1.54) is 24.0 Å². The Balaban J connectivity index is 1.64. The summed E-state index contributed by atoms with van der Waals surface area (Å²) < 4.78 is 0. The first-order valence-corrected chi connectivity index (χ1v) is 9.73. The van der Waals surface area contributed by atoms with Crippen LogP contribution in [0.25, 0.3) is 11.3 Å². The SMILES string of the molecule is CCC1CC(N)CC(CC)N1CCc1ccc(-c2ccccn2)cc1. The van der Waals surface area contributed by atoms with Crippen molar-refractivity contribution in [2.24, 2.45) is 5.73 Å². The molecule has 0 bridgehead atoms. The molecular formula is C22H31N3. The molecule has 1 aliphatic rings. The smallest absolute Gasteiger partial charge is 0.0701 e. The van der Waals surface area contributed by atoms with Gasteiger partial charge in [-0.25, -0.2) is 0 Å². The van der Waals surface area contributed by atoms with Crippen molar-refractivity contribution in [1.29, 1.82) is 0 Å². The molecule has 1 aromatic carbocycles. The van der Waals surface area contributed by atoms with Gasteiger partial charge in [0, 0.05) is 36.4 Å². The van der Waals surface area contributed by atoms with Crippen LogP contribution in [-0.2, 0) is 6.42 Å². The average Bonchev–Trinajstić information content (AvgIpc) is 2.67. The third kappa shape index (κ3) is 4.47. The summed E-state index contributed by atoms with van der Waals surface area (Å²) in [6.45, 7) is 5.72. The van der Waals surface area contributed by atoms with E-state index in [9.17, 15) is 0 Å². The van der Waals surface area contributed by atoms with Crippen molar-refractivity contribution in [2.45, 2.75) is 64.1 Å². The standard InChI is InChI=1S/C22H31N3/c1-3-20-15-19(23)16-21(4-2)25(20)14-12-17-8-10-18(11-9-17)22-7-5-6-13-24-22/h5-11,13,19-21H,3-4,12,14-16,23H2,1-2H3. The first-order valence-electron chi connectivity index (χ1n) is 9.73. The normalized spacial score (nSPS) is 24.4. The van der Waals surface area contributed by atoms with Crippen molar-refractivity contribution in [1.82, 2.24) is 9.88 Å². The molecule has 2 N–H and O–H groups in total. The fourth-order valence-electron chi connectivity index (χ4n) is 4.17. The number of aromatic nitrogens is 1. The van der Waals surface area contributed by atoms with Crippen molar-refractivity contribution >= 4 is 0 Å². The Bertz CT molecular complexity index is 624. The molecule has 0 spiro atoms. The summed E-state index contributed by atoms with van der Waals surface area (Å²) in [4.78, 5) is 7.15. The molecule has 1 aliphatic heterocycles. The number of piperidine rings is 1. The summed E-state index contributed by atoms with van der Waals surface area (Å²) >= 11 is 0. The van der Waals surface area contributed by atoms with Gasteiger partial charge in [-0.15, -0.1) is 0 Å². The lowest BCUT2D eigenvalue weighted by molar-refractivity contribution is 0.0685. The van der Waals surface area contributed by atoms with Gasteiger partial charge in [0.1, 0.15) is 0 Å². The van der Waals surface area contributed by atoms with Crippen molar-refractivity contribution in [3.05, 3.63) is 54.2 Å². The summed E-state index contributed by atoms with van der Waals surface area (Å²) in [6, 6.07) is 16.6. The van der Waals surface area contributed by atoms with Crippen LogP contribution in [0.4, 0.5) is 0 Å². The zero-order chi connectivity index (χ0) is 17.6. The number of nitrogens with two attached hydrogens (primary N) is 1. The zero-order valence-corrected chi connectivity index (χ0v) is 15.6. The lowest BCUT2D eigenvalue weighted by Gasteiger charge is -2.44. The van der Waals surface area contributed by atoms with Gasteiger partial charge in [0.2, 0.25) is 0 Å². The van der Waals surface area contributed by atoms with Crippen LogP contribution in [0.5, 0.6) is 0 Å². The summed E-state index contributed by atoms with van der Waals surface area (Å²) in [5.74, 6) is 0. The Labute approximate surface area is 152 Å². The lowest BCUT2D eigenvalue weighted by atomic mass is 9.88. The number of benzene rings is 1. The third-order valence-electron chi connectivity index (χ3n) is 5.60. The number of hydrogen-bond acceptors (Lipinski definition) is 3. The predicted molar refractivity (Wildman–Crippen MR) is 105 cm³/mol. The largest absolute Gasteiger partial charge is 0.328 e. The van der Waals surface area contributed by atoms with Crippen molar-refractivity contribution in [2.75, 3.05) is 6.54 Å². The van der Waals surface area contributed by atoms with Crippen molar-refractivity contribution in [3.8, 4) is 11.3 Å². The molecular weight excluding hydrogens is 306 g/mol. The van der Waals surface area contributed by atoms with Gasteiger partial charge < -0.3 is 5.73 Å².